The molecule has 1 saturated carbocycles. The Hall–Kier alpha value is -1.44. The van der Waals surface area contributed by atoms with Crippen molar-refractivity contribution in [2.75, 3.05) is 13.1 Å². The van der Waals surface area contributed by atoms with Gasteiger partial charge in [0.15, 0.2) is 0 Å². The molecule has 0 aliphatic heterocycles. The number of aromatic nitrogens is 2. The smallest absolute Gasteiger partial charge is 0.214 e. The molecule has 1 atom stereocenters. The molecule has 0 spiro atoms. The molecule has 1 fully saturated rings. The Kier molecular flexibility index (Phi) is 4.70. The number of hydrogen-bond acceptors (Lipinski definition) is 4. The summed E-state index contributed by atoms with van der Waals surface area (Å²) in [6.07, 6.45) is 2.37. The molecule has 23 heavy (non-hydrogen) atoms. The molecule has 0 amide bonds. The van der Waals surface area contributed by atoms with Gasteiger partial charge < -0.3 is 10.3 Å². The maximum absolute atomic E-state index is 11.8. The van der Waals surface area contributed by atoms with Crippen LogP contribution in [0.15, 0.2) is 18.2 Å². The van der Waals surface area contributed by atoms with E-state index in [1.165, 1.54) is 5.56 Å². The van der Waals surface area contributed by atoms with Crippen molar-refractivity contribution in [2.24, 2.45) is 0 Å². The number of nitrogens with one attached hydrogen (secondary N) is 3. The number of aromatic amines is 1. The third-order valence-electron chi connectivity index (χ3n) is 4.17. The van der Waals surface area contributed by atoms with E-state index in [2.05, 4.69) is 33.0 Å². The minimum atomic E-state index is -3.09. The summed E-state index contributed by atoms with van der Waals surface area (Å²) < 4.78 is 26.2. The van der Waals surface area contributed by atoms with Crippen molar-refractivity contribution in [3.63, 3.8) is 0 Å². The van der Waals surface area contributed by atoms with Crippen LogP contribution in [0.5, 0.6) is 0 Å². The number of nitrogens with zero attached hydrogens (tertiary/aromatic N) is 1. The number of rotatable bonds is 8. The molecule has 6 nitrogen and oxygen atoms in total. The highest BCUT2D eigenvalue weighted by Crippen LogP contribution is 2.27. The molecule has 1 aromatic carbocycles. The van der Waals surface area contributed by atoms with E-state index in [9.17, 15) is 8.42 Å². The van der Waals surface area contributed by atoms with Crippen molar-refractivity contribution in [2.45, 2.75) is 44.4 Å². The maximum Gasteiger partial charge on any atom is 0.214 e. The third kappa shape index (κ3) is 4.10. The van der Waals surface area contributed by atoms with Crippen LogP contribution < -0.4 is 10.0 Å². The number of aryl methyl sites for hydroxylation is 1. The summed E-state index contributed by atoms with van der Waals surface area (Å²) in [7, 11) is -3.09. The van der Waals surface area contributed by atoms with Gasteiger partial charge in [0.1, 0.15) is 5.82 Å². The van der Waals surface area contributed by atoms with E-state index < -0.39 is 10.0 Å². The van der Waals surface area contributed by atoms with Crippen LogP contribution in [0.3, 0.4) is 0 Å². The lowest BCUT2D eigenvalue weighted by Gasteiger charge is -2.14. The number of fused-ring (bicyclic) bond motifs is 1. The lowest BCUT2D eigenvalue weighted by Crippen LogP contribution is -2.40. The van der Waals surface area contributed by atoms with Crippen LogP contribution in [-0.2, 0) is 16.4 Å². The second-order valence-corrected chi connectivity index (χ2v) is 8.40. The van der Waals surface area contributed by atoms with Crippen molar-refractivity contribution in [1.29, 1.82) is 0 Å². The molecule has 0 bridgehead atoms. The summed E-state index contributed by atoms with van der Waals surface area (Å²) in [5.74, 6) is 0.951. The summed E-state index contributed by atoms with van der Waals surface area (Å²) >= 11 is 0. The van der Waals surface area contributed by atoms with Crippen molar-refractivity contribution in [1.82, 2.24) is 20.0 Å². The number of hydrogen-bond donors (Lipinski definition) is 3. The molecule has 1 aliphatic rings. The van der Waals surface area contributed by atoms with Crippen LogP contribution in [0.4, 0.5) is 0 Å². The van der Waals surface area contributed by atoms with Gasteiger partial charge in [0.05, 0.1) is 16.3 Å². The molecule has 7 heteroatoms. The molecular formula is C16H24N4O2S. The first-order chi connectivity index (χ1) is 11.0. The van der Waals surface area contributed by atoms with Gasteiger partial charge in [-0.25, -0.2) is 18.1 Å². The van der Waals surface area contributed by atoms with E-state index in [0.29, 0.717) is 6.54 Å². The van der Waals surface area contributed by atoms with Crippen molar-refractivity contribution >= 4 is 21.1 Å². The predicted molar refractivity (Wildman–Crippen MR) is 91.9 cm³/mol. The SMILES string of the molecule is Cc1cccc2[nH]c(CCN[C@@H](C)CNS(=O)(=O)C3CC3)nc12. The lowest BCUT2D eigenvalue weighted by molar-refractivity contribution is 0.524. The Morgan fingerprint density at radius 1 is 1.39 bits per heavy atom. The third-order valence-corrected chi connectivity index (χ3v) is 6.09. The highest BCUT2D eigenvalue weighted by atomic mass is 32.2. The van der Waals surface area contributed by atoms with Gasteiger partial charge in [-0.1, -0.05) is 12.1 Å². The zero-order valence-corrected chi connectivity index (χ0v) is 14.4. The normalized spacial score (nSPS) is 16.8. The molecule has 126 valence electrons. The first-order valence-corrected chi connectivity index (χ1v) is 9.66. The van der Waals surface area contributed by atoms with Crippen molar-refractivity contribution < 1.29 is 8.42 Å². The van der Waals surface area contributed by atoms with Crippen LogP contribution in [0.25, 0.3) is 11.0 Å². The summed E-state index contributed by atoms with van der Waals surface area (Å²) in [5, 5.41) is 3.18. The largest absolute Gasteiger partial charge is 0.342 e. The van der Waals surface area contributed by atoms with Crippen molar-refractivity contribution in [3.05, 3.63) is 29.6 Å². The van der Waals surface area contributed by atoms with Gasteiger partial charge in [-0.05, 0) is 38.3 Å². The van der Waals surface area contributed by atoms with Gasteiger partial charge in [0.25, 0.3) is 0 Å². The lowest BCUT2D eigenvalue weighted by atomic mass is 10.2. The van der Waals surface area contributed by atoms with Crippen LogP contribution >= 0.6 is 0 Å². The molecule has 3 rings (SSSR count). The van der Waals surface area contributed by atoms with E-state index in [1.807, 2.05) is 19.1 Å². The molecule has 0 unspecified atom stereocenters. The minimum Gasteiger partial charge on any atom is -0.342 e. The Bertz CT molecular complexity index is 780. The highest BCUT2D eigenvalue weighted by molar-refractivity contribution is 7.90. The zero-order valence-electron chi connectivity index (χ0n) is 13.6. The Morgan fingerprint density at radius 3 is 2.87 bits per heavy atom. The van der Waals surface area contributed by atoms with Crippen LogP contribution in [0, 0.1) is 6.92 Å². The van der Waals surface area contributed by atoms with Gasteiger partial charge in [-0.15, -0.1) is 0 Å². The van der Waals surface area contributed by atoms with Crippen LogP contribution in [-0.4, -0.2) is 42.8 Å². The van der Waals surface area contributed by atoms with Gasteiger partial charge in [-0.3, -0.25) is 0 Å². The number of sulfonamides is 1. The van der Waals surface area contributed by atoms with E-state index in [4.69, 9.17) is 0 Å². The van der Waals surface area contributed by atoms with E-state index >= 15 is 0 Å². The van der Waals surface area contributed by atoms with Crippen LogP contribution in [0.2, 0.25) is 0 Å². The second kappa shape index (κ2) is 6.59. The highest BCUT2D eigenvalue weighted by Gasteiger charge is 2.35. The first-order valence-electron chi connectivity index (χ1n) is 8.12. The molecule has 0 radical (unpaired) electrons. The number of H-pyrrole nitrogens is 1. The number of imidazole rings is 1. The van der Waals surface area contributed by atoms with E-state index in [-0.39, 0.29) is 11.3 Å². The van der Waals surface area contributed by atoms with Gasteiger partial charge >= 0.3 is 0 Å². The molecule has 1 aromatic heterocycles. The number of benzene rings is 1. The Balaban J connectivity index is 1.45. The number of para-hydroxylation sites is 1. The first kappa shape index (κ1) is 16.4. The summed E-state index contributed by atoms with van der Waals surface area (Å²) in [6.45, 7) is 5.22. The van der Waals surface area contributed by atoms with E-state index in [1.54, 1.807) is 0 Å². The Morgan fingerprint density at radius 2 is 2.17 bits per heavy atom. The fourth-order valence-corrected chi connectivity index (χ4v) is 4.07. The summed E-state index contributed by atoms with van der Waals surface area (Å²) in [5.41, 5.74) is 3.25. The fraction of sp³-hybridized carbons (Fsp3) is 0.562. The second-order valence-electron chi connectivity index (χ2n) is 6.35. The average molecular weight is 336 g/mol. The molecular weight excluding hydrogens is 312 g/mol. The molecule has 3 N–H and O–H groups in total. The minimum absolute atomic E-state index is 0.0923. The van der Waals surface area contributed by atoms with Gasteiger partial charge in [0.2, 0.25) is 10.0 Å². The molecule has 0 saturated heterocycles. The van der Waals surface area contributed by atoms with Crippen molar-refractivity contribution in [3.8, 4) is 0 Å². The monoisotopic (exact) mass is 336 g/mol. The van der Waals surface area contributed by atoms with Crippen LogP contribution in [0.1, 0.15) is 31.2 Å². The zero-order chi connectivity index (χ0) is 16.4. The molecule has 2 aromatic rings. The predicted octanol–water partition coefficient (Wildman–Crippen LogP) is 1.47. The van der Waals surface area contributed by atoms with E-state index in [0.717, 1.165) is 42.7 Å². The van der Waals surface area contributed by atoms with Gasteiger partial charge in [0, 0.05) is 25.6 Å². The Labute approximate surface area is 137 Å². The topological polar surface area (TPSA) is 86.9 Å². The summed E-state index contributed by atoms with van der Waals surface area (Å²) in [4.78, 5) is 7.95. The maximum atomic E-state index is 11.8. The van der Waals surface area contributed by atoms with Gasteiger partial charge in [-0.2, -0.15) is 0 Å². The standard InChI is InChI=1S/C16H24N4O2S/c1-11-4-3-5-14-16(11)20-15(19-14)8-9-17-12(2)10-18-23(21,22)13-6-7-13/h3-5,12-13,17-18H,6-10H2,1-2H3,(H,19,20)/t12-/m0/s1. The average Bonchev–Trinajstić information content (AvgIpc) is 3.28. The quantitative estimate of drug-likeness (QED) is 0.681. The molecule has 1 aliphatic carbocycles. The molecule has 1 heterocycles. The summed E-state index contributed by atoms with van der Waals surface area (Å²) in [6, 6.07) is 6.20. The fourth-order valence-electron chi connectivity index (χ4n) is 2.59.